The van der Waals surface area contributed by atoms with Crippen molar-refractivity contribution in [3.63, 3.8) is 0 Å². The monoisotopic (exact) mass is 464 g/mol. The van der Waals surface area contributed by atoms with Gasteiger partial charge in [0.15, 0.2) is 5.96 Å². The first-order valence-electron chi connectivity index (χ1n) is 8.39. The lowest BCUT2D eigenvalue weighted by molar-refractivity contribution is 0.180. The van der Waals surface area contributed by atoms with E-state index < -0.39 is 0 Å². The minimum atomic E-state index is 0. The molecule has 0 atom stereocenters. The van der Waals surface area contributed by atoms with Crippen molar-refractivity contribution in [1.29, 1.82) is 0 Å². The van der Waals surface area contributed by atoms with Crippen LogP contribution in [0.25, 0.3) is 0 Å². The van der Waals surface area contributed by atoms with Crippen molar-refractivity contribution >= 4 is 29.9 Å². The maximum atomic E-state index is 5.25. The van der Waals surface area contributed by atoms with Gasteiger partial charge in [-0.1, -0.05) is 24.3 Å². The van der Waals surface area contributed by atoms with Crippen molar-refractivity contribution in [1.82, 2.24) is 15.5 Å². The van der Waals surface area contributed by atoms with Crippen LogP contribution in [0, 0.1) is 0 Å². The number of methoxy groups -OCH3 is 2. The summed E-state index contributed by atoms with van der Waals surface area (Å²) in [5.74, 6) is 0.813. The number of rotatable bonds is 11. The summed E-state index contributed by atoms with van der Waals surface area (Å²) in [6, 6.07) is 8.27. The molecule has 0 fully saturated rings. The Bertz CT molecular complexity index is 486. The maximum Gasteiger partial charge on any atom is 0.191 e. The highest BCUT2D eigenvalue weighted by atomic mass is 127. The molecule has 1 aromatic carbocycles. The van der Waals surface area contributed by atoms with Crippen LogP contribution in [0.1, 0.15) is 17.5 Å². The number of ether oxygens (including phenoxy) is 2. The normalized spacial score (nSPS) is 11.3. The molecule has 6 nitrogen and oxygen atoms in total. The van der Waals surface area contributed by atoms with Crippen LogP contribution < -0.4 is 10.6 Å². The lowest BCUT2D eigenvalue weighted by atomic mass is 10.1. The van der Waals surface area contributed by atoms with Gasteiger partial charge in [0.25, 0.3) is 0 Å². The Morgan fingerprint density at radius 3 is 2.44 bits per heavy atom. The summed E-state index contributed by atoms with van der Waals surface area (Å²) in [5, 5.41) is 6.70. The molecule has 0 radical (unpaired) electrons. The number of guanidine groups is 1. The Kier molecular flexibility index (Phi) is 14.8. The van der Waals surface area contributed by atoms with Gasteiger partial charge in [0.05, 0.1) is 6.61 Å². The van der Waals surface area contributed by atoms with Gasteiger partial charge in [0.1, 0.15) is 0 Å². The average Bonchev–Trinajstić information content (AvgIpc) is 2.59. The summed E-state index contributed by atoms with van der Waals surface area (Å²) in [6.45, 7) is 5.00. The van der Waals surface area contributed by atoms with Crippen molar-refractivity contribution in [3.05, 3.63) is 35.4 Å². The Morgan fingerprint density at radius 1 is 1.08 bits per heavy atom. The van der Waals surface area contributed by atoms with Crippen molar-refractivity contribution < 1.29 is 9.47 Å². The van der Waals surface area contributed by atoms with Gasteiger partial charge in [0.2, 0.25) is 0 Å². The van der Waals surface area contributed by atoms with E-state index in [2.05, 4.69) is 39.7 Å². The molecule has 7 heteroatoms. The molecule has 0 aliphatic carbocycles. The van der Waals surface area contributed by atoms with Gasteiger partial charge in [0, 0.05) is 54.1 Å². The van der Waals surface area contributed by atoms with Gasteiger partial charge < -0.3 is 25.0 Å². The van der Waals surface area contributed by atoms with E-state index in [0.29, 0.717) is 6.61 Å². The summed E-state index contributed by atoms with van der Waals surface area (Å²) >= 11 is 0. The highest BCUT2D eigenvalue weighted by Crippen LogP contribution is 2.09. The number of benzene rings is 1. The highest BCUT2D eigenvalue weighted by Gasteiger charge is 2.04. The maximum absolute atomic E-state index is 5.25. The molecule has 0 heterocycles. The minimum absolute atomic E-state index is 0. The summed E-state index contributed by atoms with van der Waals surface area (Å²) in [7, 11) is 7.36. The van der Waals surface area contributed by atoms with Gasteiger partial charge in [-0.05, 0) is 24.6 Å². The second-order valence-corrected chi connectivity index (χ2v) is 5.70. The molecule has 1 rings (SSSR count). The number of halogens is 1. The van der Waals surface area contributed by atoms with Crippen LogP contribution in [-0.2, 0) is 22.6 Å². The largest absolute Gasteiger partial charge is 0.385 e. The quantitative estimate of drug-likeness (QED) is 0.227. The van der Waals surface area contributed by atoms with Crippen LogP contribution in [0.15, 0.2) is 29.3 Å². The standard InChI is InChI=1S/C18H32N4O2.HI/c1-19-18(20-10-12-22(2)11-7-13-23-3)21-14-16-8-5-6-9-17(16)15-24-4;/h5-6,8-9H,7,10-15H2,1-4H3,(H2,19,20,21);1H. The van der Waals surface area contributed by atoms with E-state index in [1.165, 1.54) is 11.1 Å². The number of aliphatic imine (C=N–C) groups is 1. The molecule has 144 valence electrons. The predicted octanol–water partition coefficient (Wildman–Crippen LogP) is 2.08. The van der Waals surface area contributed by atoms with E-state index in [4.69, 9.17) is 9.47 Å². The Hall–Kier alpha value is -0.900. The Labute approximate surface area is 169 Å². The summed E-state index contributed by atoms with van der Waals surface area (Å²) in [5.41, 5.74) is 2.42. The molecule has 0 aromatic heterocycles. The van der Waals surface area contributed by atoms with Crippen LogP contribution >= 0.6 is 24.0 Å². The van der Waals surface area contributed by atoms with Crippen molar-refractivity contribution in [2.24, 2.45) is 4.99 Å². The summed E-state index contributed by atoms with van der Waals surface area (Å²) in [6.07, 6.45) is 1.05. The van der Waals surface area contributed by atoms with Crippen LogP contribution in [0.2, 0.25) is 0 Å². The number of hydrogen-bond donors (Lipinski definition) is 2. The Balaban J connectivity index is 0.00000576. The second-order valence-electron chi connectivity index (χ2n) is 5.70. The molecule has 0 aliphatic heterocycles. The first kappa shape index (κ1) is 24.1. The molecule has 0 aliphatic rings. The third kappa shape index (κ3) is 10.6. The van der Waals surface area contributed by atoms with Crippen molar-refractivity contribution in [2.75, 3.05) is 54.6 Å². The summed E-state index contributed by atoms with van der Waals surface area (Å²) < 4.78 is 10.3. The Morgan fingerprint density at radius 2 is 1.80 bits per heavy atom. The van der Waals surface area contributed by atoms with Gasteiger partial charge in [-0.25, -0.2) is 0 Å². The third-order valence-electron chi connectivity index (χ3n) is 3.76. The minimum Gasteiger partial charge on any atom is -0.385 e. The third-order valence-corrected chi connectivity index (χ3v) is 3.76. The van der Waals surface area contributed by atoms with Crippen molar-refractivity contribution in [2.45, 2.75) is 19.6 Å². The molecule has 0 amide bonds. The number of nitrogens with one attached hydrogen (secondary N) is 2. The van der Waals surface area contributed by atoms with E-state index in [9.17, 15) is 0 Å². The predicted molar refractivity (Wildman–Crippen MR) is 115 cm³/mol. The highest BCUT2D eigenvalue weighted by molar-refractivity contribution is 14.0. The molecule has 2 N–H and O–H groups in total. The molecule has 0 saturated carbocycles. The van der Waals surface area contributed by atoms with Crippen LogP contribution in [0.5, 0.6) is 0 Å². The van der Waals surface area contributed by atoms with Crippen LogP contribution in [-0.4, -0.2) is 65.4 Å². The SMILES string of the molecule is CN=C(NCCN(C)CCCOC)NCc1ccccc1COC.I. The van der Waals surface area contributed by atoms with E-state index in [1.807, 2.05) is 12.1 Å². The molecular weight excluding hydrogens is 431 g/mol. The molecule has 0 spiro atoms. The van der Waals surface area contributed by atoms with Crippen LogP contribution in [0.4, 0.5) is 0 Å². The van der Waals surface area contributed by atoms with E-state index in [-0.39, 0.29) is 24.0 Å². The fraction of sp³-hybridized carbons (Fsp3) is 0.611. The van der Waals surface area contributed by atoms with Gasteiger partial charge in [-0.15, -0.1) is 24.0 Å². The van der Waals surface area contributed by atoms with Crippen molar-refractivity contribution in [3.8, 4) is 0 Å². The number of likely N-dealkylation sites (N-methyl/N-ethyl adjacent to an activating group) is 1. The van der Waals surface area contributed by atoms with Gasteiger partial charge in [-0.2, -0.15) is 0 Å². The molecule has 0 unspecified atom stereocenters. The lowest BCUT2D eigenvalue weighted by Gasteiger charge is -2.18. The first-order valence-corrected chi connectivity index (χ1v) is 8.39. The lowest BCUT2D eigenvalue weighted by Crippen LogP contribution is -2.40. The fourth-order valence-corrected chi connectivity index (χ4v) is 2.38. The average molecular weight is 464 g/mol. The topological polar surface area (TPSA) is 58.1 Å². The van der Waals surface area contributed by atoms with Gasteiger partial charge in [-0.3, -0.25) is 4.99 Å². The van der Waals surface area contributed by atoms with E-state index >= 15 is 0 Å². The molecule has 0 saturated heterocycles. The smallest absolute Gasteiger partial charge is 0.191 e. The zero-order valence-electron chi connectivity index (χ0n) is 15.9. The van der Waals surface area contributed by atoms with Gasteiger partial charge >= 0.3 is 0 Å². The first-order chi connectivity index (χ1) is 11.7. The second kappa shape index (κ2) is 15.4. The molecular formula is C18H33IN4O2. The summed E-state index contributed by atoms with van der Waals surface area (Å²) in [4.78, 5) is 6.56. The zero-order valence-corrected chi connectivity index (χ0v) is 18.2. The van der Waals surface area contributed by atoms with Crippen LogP contribution in [0.3, 0.4) is 0 Å². The number of nitrogens with zero attached hydrogens (tertiary/aromatic N) is 2. The zero-order chi connectivity index (χ0) is 17.6. The number of hydrogen-bond acceptors (Lipinski definition) is 4. The molecule has 1 aromatic rings. The van der Waals surface area contributed by atoms with E-state index in [1.54, 1.807) is 21.3 Å². The molecule has 0 bridgehead atoms. The fourth-order valence-electron chi connectivity index (χ4n) is 2.38. The molecule has 25 heavy (non-hydrogen) atoms. The van der Waals surface area contributed by atoms with E-state index in [0.717, 1.165) is 45.2 Å².